The minimum absolute atomic E-state index is 0.0994. The van der Waals surface area contributed by atoms with Crippen LogP contribution < -0.4 is 5.19 Å². The van der Waals surface area contributed by atoms with Crippen LogP contribution in [0.5, 0.6) is 0 Å². The molecule has 1 atom stereocenters. The van der Waals surface area contributed by atoms with Gasteiger partial charge in [-0.15, -0.1) is 0 Å². The maximum absolute atomic E-state index is 2.52. The Morgan fingerprint density at radius 2 is 1.27 bits per heavy atom. The van der Waals surface area contributed by atoms with E-state index in [1.165, 1.54) is 39.0 Å². The summed E-state index contributed by atoms with van der Waals surface area (Å²) in [6.07, 6.45) is 3.30. The molecule has 0 aliphatic heterocycles. The zero-order valence-electron chi connectivity index (χ0n) is 21.3. The monoisotopic (exact) mass is 450 g/mol. The Balaban J connectivity index is 1.92. The zero-order valence-corrected chi connectivity index (χ0v) is 22.7. The molecule has 1 aliphatic carbocycles. The summed E-state index contributed by atoms with van der Waals surface area (Å²) >= 11 is 0. The van der Waals surface area contributed by atoms with E-state index in [-0.39, 0.29) is 5.04 Å². The van der Waals surface area contributed by atoms with E-state index in [4.69, 9.17) is 0 Å². The molecule has 0 saturated carbocycles. The van der Waals surface area contributed by atoms with Crippen LogP contribution in [0.3, 0.4) is 0 Å². The van der Waals surface area contributed by atoms with E-state index in [9.17, 15) is 0 Å². The second kappa shape index (κ2) is 9.69. The van der Waals surface area contributed by atoms with Gasteiger partial charge in [0.25, 0.3) is 0 Å². The lowest BCUT2D eigenvalue weighted by Gasteiger charge is -2.36. The Morgan fingerprint density at radius 1 is 0.667 bits per heavy atom. The molecule has 0 nitrogen and oxygen atoms in total. The van der Waals surface area contributed by atoms with Crippen molar-refractivity contribution < 1.29 is 0 Å². The van der Waals surface area contributed by atoms with Crippen molar-refractivity contribution in [3.8, 4) is 0 Å². The van der Waals surface area contributed by atoms with Crippen LogP contribution >= 0.6 is 0 Å². The molecule has 0 N–H and O–H groups in total. The fraction of sp³-hybridized carbons (Fsp3) is 0.312. The fourth-order valence-corrected chi connectivity index (χ4v) is 8.74. The standard InChI is InChI=1S/C32H38Si/c1-7-26-18-27(8-2)20-30(19-26)33-32(21-28-16-14-22(3)15-17-28)25(6)23(4)24(5)31(32)29-12-10-9-11-13-29/h9-20H,7-8,21,33H2,1-6H3. The van der Waals surface area contributed by atoms with Gasteiger partial charge in [-0.05, 0) is 85.9 Å². The predicted molar refractivity (Wildman–Crippen MR) is 148 cm³/mol. The van der Waals surface area contributed by atoms with E-state index >= 15 is 0 Å². The van der Waals surface area contributed by atoms with Crippen LogP contribution in [-0.2, 0) is 19.3 Å². The highest BCUT2D eigenvalue weighted by Gasteiger charge is 2.43. The lowest BCUT2D eigenvalue weighted by atomic mass is 9.84. The van der Waals surface area contributed by atoms with Gasteiger partial charge in [0.1, 0.15) is 0 Å². The highest BCUT2D eigenvalue weighted by Crippen LogP contribution is 2.58. The summed E-state index contributed by atoms with van der Waals surface area (Å²) in [4.78, 5) is 0. The first-order chi connectivity index (χ1) is 15.9. The van der Waals surface area contributed by atoms with E-state index in [0.29, 0.717) is 0 Å². The Labute approximate surface area is 203 Å². The smallest absolute Gasteiger partial charge is 0.0650 e. The number of allylic oxidation sites excluding steroid dienone is 4. The van der Waals surface area contributed by atoms with Gasteiger partial charge >= 0.3 is 0 Å². The molecule has 0 heterocycles. The van der Waals surface area contributed by atoms with Crippen molar-refractivity contribution in [3.05, 3.63) is 117 Å². The van der Waals surface area contributed by atoms with Gasteiger partial charge in [-0.1, -0.05) is 103 Å². The van der Waals surface area contributed by atoms with E-state index in [1.54, 1.807) is 16.3 Å². The average molecular weight is 451 g/mol. The van der Waals surface area contributed by atoms with Gasteiger partial charge in [-0.25, -0.2) is 0 Å². The van der Waals surface area contributed by atoms with Gasteiger partial charge in [0.15, 0.2) is 0 Å². The lowest BCUT2D eigenvalue weighted by molar-refractivity contribution is 0.796. The molecular weight excluding hydrogens is 412 g/mol. The third-order valence-electron chi connectivity index (χ3n) is 7.82. The summed E-state index contributed by atoms with van der Waals surface area (Å²) in [7, 11) is -0.675. The molecule has 0 aromatic heterocycles. The third kappa shape index (κ3) is 4.57. The van der Waals surface area contributed by atoms with Gasteiger partial charge in [-0.2, -0.15) is 0 Å². The molecule has 1 heteroatoms. The normalized spacial score (nSPS) is 18.7. The van der Waals surface area contributed by atoms with Crippen molar-refractivity contribution >= 4 is 20.3 Å². The van der Waals surface area contributed by atoms with Gasteiger partial charge in [0, 0.05) is 5.04 Å². The maximum atomic E-state index is 2.52. The van der Waals surface area contributed by atoms with E-state index in [1.807, 2.05) is 0 Å². The maximum Gasteiger partial charge on any atom is 0.0718 e. The average Bonchev–Trinajstić information content (AvgIpc) is 3.01. The van der Waals surface area contributed by atoms with Crippen LogP contribution in [0.15, 0.2) is 89.5 Å². The van der Waals surface area contributed by atoms with Crippen LogP contribution in [0.2, 0.25) is 5.04 Å². The molecule has 3 aromatic rings. The number of benzene rings is 3. The van der Waals surface area contributed by atoms with Crippen LogP contribution in [-0.4, -0.2) is 9.52 Å². The molecule has 1 aliphatic rings. The Bertz CT molecular complexity index is 1170. The first-order valence-electron chi connectivity index (χ1n) is 12.5. The van der Waals surface area contributed by atoms with Crippen LogP contribution in [0.25, 0.3) is 5.57 Å². The van der Waals surface area contributed by atoms with E-state index < -0.39 is 9.52 Å². The molecule has 0 amide bonds. The fourth-order valence-electron chi connectivity index (χ4n) is 5.73. The summed E-state index contributed by atoms with van der Waals surface area (Å²) in [5, 5.41) is 1.70. The molecule has 3 aromatic carbocycles. The van der Waals surface area contributed by atoms with Crippen LogP contribution in [0.1, 0.15) is 62.4 Å². The second-order valence-corrected chi connectivity index (χ2v) is 12.3. The summed E-state index contributed by atoms with van der Waals surface area (Å²) in [6, 6.07) is 27.9. The van der Waals surface area contributed by atoms with E-state index in [0.717, 1.165) is 19.3 Å². The van der Waals surface area contributed by atoms with Crippen molar-refractivity contribution in [3.63, 3.8) is 0 Å². The molecule has 0 spiro atoms. The number of hydrogen-bond acceptors (Lipinski definition) is 0. The van der Waals surface area contributed by atoms with Gasteiger partial charge in [-0.3, -0.25) is 0 Å². The first kappa shape index (κ1) is 23.5. The van der Waals surface area contributed by atoms with Gasteiger partial charge in [0.2, 0.25) is 0 Å². The highest BCUT2D eigenvalue weighted by molar-refractivity contribution is 6.61. The molecule has 33 heavy (non-hydrogen) atoms. The lowest BCUT2D eigenvalue weighted by Crippen LogP contribution is -2.34. The predicted octanol–water partition coefficient (Wildman–Crippen LogP) is 7.14. The Hall–Kier alpha value is -2.64. The highest BCUT2D eigenvalue weighted by atomic mass is 28.2. The minimum Gasteiger partial charge on any atom is -0.0650 e. The molecule has 0 bridgehead atoms. The largest absolute Gasteiger partial charge is 0.0718 e. The Morgan fingerprint density at radius 3 is 1.85 bits per heavy atom. The van der Waals surface area contributed by atoms with Crippen molar-refractivity contribution in [2.24, 2.45) is 0 Å². The minimum atomic E-state index is -0.675. The number of hydrogen-bond donors (Lipinski definition) is 0. The molecule has 0 radical (unpaired) electrons. The Kier molecular flexibility index (Phi) is 6.90. The molecule has 1 unspecified atom stereocenters. The summed E-state index contributed by atoms with van der Waals surface area (Å²) in [6.45, 7) is 13.9. The molecule has 4 rings (SSSR count). The second-order valence-electron chi connectivity index (χ2n) is 9.90. The van der Waals surface area contributed by atoms with Crippen molar-refractivity contribution in [2.45, 2.75) is 65.8 Å². The van der Waals surface area contributed by atoms with Gasteiger partial charge in [0.05, 0.1) is 9.52 Å². The number of aryl methyl sites for hydroxylation is 3. The van der Waals surface area contributed by atoms with Crippen molar-refractivity contribution in [2.75, 3.05) is 0 Å². The van der Waals surface area contributed by atoms with Crippen molar-refractivity contribution in [1.82, 2.24) is 0 Å². The molecular formula is C32H38Si. The molecule has 0 saturated heterocycles. The third-order valence-corrected chi connectivity index (χ3v) is 10.4. The summed E-state index contributed by atoms with van der Waals surface area (Å²) < 4.78 is 0. The van der Waals surface area contributed by atoms with Crippen LogP contribution in [0, 0.1) is 6.92 Å². The van der Waals surface area contributed by atoms with Gasteiger partial charge < -0.3 is 0 Å². The quantitative estimate of drug-likeness (QED) is 0.336. The van der Waals surface area contributed by atoms with E-state index in [2.05, 4.69) is 114 Å². The summed E-state index contributed by atoms with van der Waals surface area (Å²) in [5.74, 6) is 0. The zero-order chi connectivity index (χ0) is 23.6. The SMILES string of the molecule is CCc1cc(CC)cc([SiH2]C2(Cc3ccc(C)cc3)C(C)=C(C)C(C)=C2c2ccccc2)c1. The van der Waals surface area contributed by atoms with Crippen LogP contribution in [0.4, 0.5) is 0 Å². The number of rotatable bonds is 7. The van der Waals surface area contributed by atoms with Crippen molar-refractivity contribution in [1.29, 1.82) is 0 Å². The molecule has 0 fully saturated rings. The first-order valence-corrected chi connectivity index (χ1v) is 13.9. The topological polar surface area (TPSA) is 0 Å². The summed E-state index contributed by atoms with van der Waals surface area (Å²) in [5.41, 5.74) is 13.3. The molecule has 170 valence electrons.